The van der Waals surface area contributed by atoms with Crippen molar-refractivity contribution in [3.63, 3.8) is 0 Å². The molecule has 264 valence electrons. The zero-order valence-electron chi connectivity index (χ0n) is 26.9. The van der Waals surface area contributed by atoms with Gasteiger partial charge in [-0.15, -0.1) is 0 Å². The molecule has 0 fully saturated rings. The number of thioether (sulfide) groups is 1. The van der Waals surface area contributed by atoms with Gasteiger partial charge in [0.05, 0.1) is 30.8 Å². The number of ether oxygens (including phenoxy) is 4. The number of thiol groups is 1. The Kier molecular flexibility index (Phi) is 27.5. The molecule has 0 aromatic heterocycles. The van der Waals surface area contributed by atoms with E-state index in [4.69, 9.17) is 24.4 Å². The molecule has 14 heteroatoms. The molecule has 0 atom stereocenters. The predicted molar refractivity (Wildman–Crippen MR) is 191 cm³/mol. The van der Waals surface area contributed by atoms with Gasteiger partial charge in [-0.05, 0) is 48.5 Å². The van der Waals surface area contributed by atoms with E-state index >= 15 is 0 Å². The first kappa shape index (κ1) is 45.4. The molecule has 0 bridgehead atoms. The molecule has 0 aliphatic heterocycles. The lowest BCUT2D eigenvalue weighted by atomic mass is 10.2. The maximum Gasteiger partial charge on any atom is 0.338 e. The van der Waals surface area contributed by atoms with Crippen LogP contribution in [0.3, 0.4) is 0 Å². The second kappa shape index (κ2) is 28.5. The van der Waals surface area contributed by atoms with Crippen LogP contribution in [-0.4, -0.2) is 119 Å². The summed E-state index contributed by atoms with van der Waals surface area (Å²) in [7, 11) is 7.68. The van der Waals surface area contributed by atoms with Crippen LogP contribution in [0.5, 0.6) is 0 Å². The van der Waals surface area contributed by atoms with Crippen molar-refractivity contribution in [2.75, 3.05) is 94.9 Å². The summed E-state index contributed by atoms with van der Waals surface area (Å²) in [6, 6.07) is 14.1. The van der Waals surface area contributed by atoms with Crippen molar-refractivity contribution in [1.82, 2.24) is 0 Å². The number of aliphatic hydroxyl groups is 2. The maximum absolute atomic E-state index is 11.8. The smallest absolute Gasteiger partial charge is 0.338 e. The highest BCUT2D eigenvalue weighted by molar-refractivity contribution is 7.99. The standard InChI is InChI=1S/C16H23NO5S.C14H17NO4.C2H6OS.CH4/c1-17(2)14-5-3-13(4-6-14)16(20)22-10-9-21-15(19)7-11-23-12-8-18;1-4-13(16)18-9-10-19-14(17)11-5-7-12(8-6-11)15(2)3;3-1-2-4;/h3-6,18H,7-12H2,1-2H3;4-8H,1,9-10H2,2-3H3;3-4H,1-2H2;1H4. The summed E-state index contributed by atoms with van der Waals surface area (Å²) >= 11 is 5.16. The minimum Gasteiger partial charge on any atom is -0.462 e. The van der Waals surface area contributed by atoms with E-state index in [9.17, 15) is 19.2 Å². The number of anilines is 2. The van der Waals surface area contributed by atoms with Crippen molar-refractivity contribution in [2.24, 2.45) is 0 Å². The van der Waals surface area contributed by atoms with E-state index in [-0.39, 0.29) is 59.5 Å². The molecule has 0 unspecified atom stereocenters. The van der Waals surface area contributed by atoms with Crippen molar-refractivity contribution in [3.8, 4) is 0 Å². The summed E-state index contributed by atoms with van der Waals surface area (Å²) in [6.45, 7) is 3.66. The number of rotatable bonds is 17. The van der Waals surface area contributed by atoms with Crippen LogP contribution < -0.4 is 9.80 Å². The molecular weight excluding hydrogens is 649 g/mol. The minimum atomic E-state index is -0.536. The van der Waals surface area contributed by atoms with Crippen LogP contribution in [0.25, 0.3) is 0 Å². The molecule has 2 aromatic carbocycles. The van der Waals surface area contributed by atoms with Crippen LogP contribution in [0, 0.1) is 0 Å². The first-order valence-corrected chi connectivity index (χ1v) is 16.0. The number of hydrogen-bond acceptors (Lipinski definition) is 14. The van der Waals surface area contributed by atoms with Crippen LogP contribution in [0.15, 0.2) is 61.2 Å². The summed E-state index contributed by atoms with van der Waals surface area (Å²) in [5, 5.41) is 16.4. The molecule has 2 N–H and O–H groups in total. The number of carbonyl (C=O) groups is 4. The van der Waals surface area contributed by atoms with E-state index in [1.807, 2.05) is 62.3 Å². The fraction of sp³-hybridized carbons (Fsp3) is 0.455. The van der Waals surface area contributed by atoms with Crippen molar-refractivity contribution >= 4 is 59.6 Å². The van der Waals surface area contributed by atoms with Gasteiger partial charge in [-0.1, -0.05) is 14.0 Å². The fourth-order valence-electron chi connectivity index (χ4n) is 2.98. The van der Waals surface area contributed by atoms with Crippen LogP contribution in [-0.2, 0) is 28.5 Å². The lowest BCUT2D eigenvalue weighted by molar-refractivity contribution is -0.144. The Bertz CT molecular complexity index is 1160. The van der Waals surface area contributed by atoms with Crippen molar-refractivity contribution in [2.45, 2.75) is 13.8 Å². The monoisotopic (exact) mass is 698 g/mol. The molecule has 0 amide bonds. The molecule has 2 rings (SSSR count). The number of benzene rings is 2. The number of aliphatic hydroxyl groups excluding tert-OH is 2. The van der Waals surface area contributed by atoms with Gasteiger partial charge in [0.15, 0.2) is 0 Å². The second-order valence-electron chi connectivity index (χ2n) is 9.28. The molecule has 0 aliphatic rings. The molecule has 0 aliphatic carbocycles. The second-order valence-corrected chi connectivity index (χ2v) is 11.0. The highest BCUT2D eigenvalue weighted by Gasteiger charge is 2.09. The van der Waals surface area contributed by atoms with Crippen molar-refractivity contribution < 1.29 is 48.3 Å². The maximum atomic E-state index is 11.8. The molecule has 0 heterocycles. The molecule has 47 heavy (non-hydrogen) atoms. The lowest BCUT2D eigenvalue weighted by Crippen LogP contribution is -2.14. The van der Waals surface area contributed by atoms with Gasteiger partial charge in [0, 0.05) is 62.9 Å². The van der Waals surface area contributed by atoms with Crippen LogP contribution in [0.4, 0.5) is 11.4 Å². The first-order chi connectivity index (χ1) is 22.0. The van der Waals surface area contributed by atoms with Gasteiger partial charge in [-0.2, -0.15) is 24.4 Å². The number of nitrogens with zero attached hydrogens (tertiary/aromatic N) is 2. The third kappa shape index (κ3) is 22.4. The molecule has 0 saturated heterocycles. The normalized spacial score (nSPS) is 9.51. The number of esters is 4. The Hall–Kier alpha value is -3.72. The van der Waals surface area contributed by atoms with E-state index in [0.29, 0.717) is 28.4 Å². The topological polar surface area (TPSA) is 152 Å². The molecule has 0 radical (unpaired) electrons. The zero-order valence-corrected chi connectivity index (χ0v) is 28.6. The van der Waals surface area contributed by atoms with Crippen molar-refractivity contribution in [3.05, 3.63) is 72.3 Å². The van der Waals surface area contributed by atoms with E-state index in [1.165, 1.54) is 11.8 Å². The van der Waals surface area contributed by atoms with Crippen LogP contribution in [0.2, 0.25) is 0 Å². The lowest BCUT2D eigenvalue weighted by Gasteiger charge is -2.12. The largest absolute Gasteiger partial charge is 0.462 e. The third-order valence-electron chi connectivity index (χ3n) is 5.33. The van der Waals surface area contributed by atoms with Gasteiger partial charge in [0.2, 0.25) is 0 Å². The quantitative estimate of drug-likeness (QED) is 0.0724. The van der Waals surface area contributed by atoms with Gasteiger partial charge in [-0.3, -0.25) is 4.79 Å². The van der Waals surface area contributed by atoms with Gasteiger partial charge in [0.25, 0.3) is 0 Å². The molecule has 12 nitrogen and oxygen atoms in total. The molecule has 0 saturated carbocycles. The molecule has 2 aromatic rings. The van der Waals surface area contributed by atoms with Crippen molar-refractivity contribution in [1.29, 1.82) is 0 Å². The summed E-state index contributed by atoms with van der Waals surface area (Å²) < 4.78 is 19.7. The SMILES string of the molecule is C.C=CC(=O)OCCOC(=O)c1ccc(N(C)C)cc1.CN(C)c1ccc(C(=O)OCCOC(=O)CCSCCO)cc1.OCCS. The van der Waals surface area contributed by atoms with E-state index in [2.05, 4.69) is 23.9 Å². The Morgan fingerprint density at radius 2 is 1.13 bits per heavy atom. The van der Waals surface area contributed by atoms with Gasteiger partial charge in [0.1, 0.15) is 26.4 Å². The highest BCUT2D eigenvalue weighted by atomic mass is 32.2. The molecule has 0 spiro atoms. The van der Waals surface area contributed by atoms with Crippen LogP contribution >= 0.6 is 24.4 Å². The summed E-state index contributed by atoms with van der Waals surface area (Å²) in [5.41, 5.74) is 2.91. The first-order valence-electron chi connectivity index (χ1n) is 14.2. The fourth-order valence-corrected chi connectivity index (χ4v) is 3.62. The molecular formula is C33H50N2O10S2. The van der Waals surface area contributed by atoms with Crippen LogP contribution in [0.1, 0.15) is 34.6 Å². The Morgan fingerprint density at radius 3 is 1.49 bits per heavy atom. The third-order valence-corrected chi connectivity index (χ3v) is 6.50. The van der Waals surface area contributed by atoms with E-state index in [0.717, 1.165) is 17.5 Å². The Morgan fingerprint density at radius 1 is 0.723 bits per heavy atom. The average molecular weight is 699 g/mol. The Balaban J connectivity index is 0. The Labute approximate surface area is 288 Å². The highest BCUT2D eigenvalue weighted by Crippen LogP contribution is 2.14. The van der Waals surface area contributed by atoms with Gasteiger partial charge >= 0.3 is 23.9 Å². The predicted octanol–water partition coefficient (Wildman–Crippen LogP) is 3.75. The summed E-state index contributed by atoms with van der Waals surface area (Å²) in [4.78, 5) is 49.4. The van der Waals surface area contributed by atoms with Gasteiger partial charge in [-0.25, -0.2) is 14.4 Å². The number of carbonyl (C=O) groups excluding carboxylic acids is 4. The van der Waals surface area contributed by atoms with E-state index < -0.39 is 17.9 Å². The summed E-state index contributed by atoms with van der Waals surface area (Å²) in [5.74, 6) is 0.0348. The van der Waals surface area contributed by atoms with E-state index in [1.54, 1.807) is 24.3 Å². The van der Waals surface area contributed by atoms with Gasteiger partial charge < -0.3 is 39.0 Å². The minimum absolute atomic E-state index is 0. The summed E-state index contributed by atoms with van der Waals surface area (Å²) in [6.07, 6.45) is 1.34. The average Bonchev–Trinajstić information content (AvgIpc) is 3.07. The zero-order chi connectivity index (χ0) is 34.7. The number of hydrogen-bond donors (Lipinski definition) is 3.